The van der Waals surface area contributed by atoms with Crippen LogP contribution in [-0.4, -0.2) is 21.2 Å². The molecule has 3 heteroatoms. The average Bonchev–Trinajstić information content (AvgIpc) is 2.26. The van der Waals surface area contributed by atoms with E-state index in [0.717, 1.165) is 30.8 Å². The van der Waals surface area contributed by atoms with Crippen molar-refractivity contribution in [1.82, 2.24) is 0 Å². The second-order valence-corrected chi connectivity index (χ2v) is 7.70. The summed E-state index contributed by atoms with van der Waals surface area (Å²) in [6.07, 6.45) is 8.04. The third-order valence-corrected chi connectivity index (χ3v) is 6.34. The van der Waals surface area contributed by atoms with Crippen LogP contribution in [-0.2, 0) is 9.22 Å². The van der Waals surface area contributed by atoms with E-state index in [1.807, 2.05) is 18.2 Å². The molecule has 0 atom stereocenters. The normalized spacial score (nSPS) is 10.8. The van der Waals surface area contributed by atoms with Crippen LogP contribution in [0.3, 0.4) is 0 Å². The molecule has 0 saturated heterocycles. The van der Waals surface area contributed by atoms with Crippen LogP contribution >= 0.6 is 0 Å². The molecule has 0 aliphatic carbocycles. The summed E-state index contributed by atoms with van der Waals surface area (Å²) >= 11 is 0. The van der Waals surface area contributed by atoms with Crippen molar-refractivity contribution in [3.05, 3.63) is 38.0 Å². The molecule has 0 radical (unpaired) electrons. The van der Waals surface area contributed by atoms with Gasteiger partial charge in [0.2, 0.25) is 8.32 Å². The first-order valence-electron chi connectivity index (χ1n) is 5.65. The summed E-state index contributed by atoms with van der Waals surface area (Å²) in [5, 5.41) is 0. The minimum absolute atomic E-state index is 0.570. The maximum atomic E-state index is 10.2. The molecule has 0 unspecified atom stereocenters. The third-order valence-electron chi connectivity index (χ3n) is 2.42. The zero-order chi connectivity index (χ0) is 12.3. The molecule has 0 N–H and O–H groups in total. The van der Waals surface area contributed by atoms with E-state index in [9.17, 15) is 4.79 Å². The van der Waals surface area contributed by atoms with Crippen LogP contribution in [0.25, 0.3) is 0 Å². The van der Waals surface area contributed by atoms with E-state index in [2.05, 4.69) is 19.7 Å². The fourth-order valence-electron chi connectivity index (χ4n) is 1.67. The van der Waals surface area contributed by atoms with Crippen molar-refractivity contribution in [3.63, 3.8) is 0 Å². The summed E-state index contributed by atoms with van der Waals surface area (Å²) in [5.74, 6) is 0. The highest BCUT2D eigenvalue weighted by Gasteiger charge is 2.30. The Morgan fingerprint density at radius 2 is 1.50 bits per heavy atom. The summed E-state index contributed by atoms with van der Waals surface area (Å²) in [7, 11) is -1.82. The summed E-state index contributed by atoms with van der Waals surface area (Å²) in [5.41, 5.74) is 0. The predicted octanol–water partition coefficient (Wildman–Crippen LogP) is 3.49. The van der Waals surface area contributed by atoms with E-state index in [1.54, 1.807) is 0 Å². The lowest BCUT2D eigenvalue weighted by Crippen LogP contribution is -2.36. The fourth-order valence-corrected chi connectivity index (χ4v) is 4.68. The predicted molar refractivity (Wildman–Crippen MR) is 72.0 cm³/mol. The molecule has 16 heavy (non-hydrogen) atoms. The van der Waals surface area contributed by atoms with Crippen LogP contribution < -0.4 is 0 Å². The summed E-state index contributed by atoms with van der Waals surface area (Å²) in [4.78, 5) is 10.2. The topological polar surface area (TPSA) is 26.3 Å². The van der Waals surface area contributed by atoms with Gasteiger partial charge in [-0.15, -0.1) is 19.7 Å². The van der Waals surface area contributed by atoms with Gasteiger partial charge in [-0.05, 0) is 24.6 Å². The number of carbonyl (C=O) groups is 1. The van der Waals surface area contributed by atoms with Gasteiger partial charge >= 0.3 is 0 Å². The number of carbonyl (C=O) groups excluding carboxylic acids is 1. The van der Waals surface area contributed by atoms with Crippen LogP contribution in [0.4, 0.5) is 0 Å². The highest BCUT2D eigenvalue weighted by Crippen LogP contribution is 2.24. The van der Waals surface area contributed by atoms with Crippen LogP contribution in [0.2, 0.25) is 18.1 Å². The number of unbranched alkanes of at least 4 members (excludes halogenated alkanes) is 1. The van der Waals surface area contributed by atoms with Gasteiger partial charge in [-0.2, -0.15) is 0 Å². The number of aldehydes is 1. The second kappa shape index (κ2) is 9.30. The van der Waals surface area contributed by atoms with E-state index < -0.39 is 8.32 Å². The lowest BCUT2D eigenvalue weighted by Gasteiger charge is -2.28. The standard InChI is InChI=1S/C13H22O2Si/c1-4-11-16(12-5-2,13-6-3)15-10-8-7-9-14/h4-6,9H,1-3,7-8,10-13H2. The highest BCUT2D eigenvalue weighted by molar-refractivity contribution is 6.75. The molecule has 90 valence electrons. The van der Waals surface area contributed by atoms with Gasteiger partial charge in [-0.3, -0.25) is 0 Å². The highest BCUT2D eigenvalue weighted by atomic mass is 28.4. The van der Waals surface area contributed by atoms with Gasteiger partial charge in [0.05, 0.1) is 0 Å². The monoisotopic (exact) mass is 238 g/mol. The van der Waals surface area contributed by atoms with Crippen molar-refractivity contribution in [3.8, 4) is 0 Å². The van der Waals surface area contributed by atoms with Crippen molar-refractivity contribution in [2.45, 2.75) is 31.0 Å². The molecule has 0 heterocycles. The van der Waals surface area contributed by atoms with Gasteiger partial charge in [0.25, 0.3) is 0 Å². The quantitative estimate of drug-likeness (QED) is 0.238. The molecule has 0 aliphatic rings. The smallest absolute Gasteiger partial charge is 0.203 e. The van der Waals surface area contributed by atoms with Crippen molar-refractivity contribution >= 4 is 14.6 Å². The zero-order valence-electron chi connectivity index (χ0n) is 9.99. The van der Waals surface area contributed by atoms with Crippen molar-refractivity contribution in [2.75, 3.05) is 6.61 Å². The van der Waals surface area contributed by atoms with Crippen molar-refractivity contribution < 1.29 is 9.22 Å². The van der Waals surface area contributed by atoms with E-state index in [1.165, 1.54) is 0 Å². The van der Waals surface area contributed by atoms with Gasteiger partial charge in [0.15, 0.2) is 0 Å². The lowest BCUT2D eigenvalue weighted by molar-refractivity contribution is -0.108. The van der Waals surface area contributed by atoms with E-state index in [4.69, 9.17) is 4.43 Å². The molecule has 0 amide bonds. The Kier molecular flexibility index (Phi) is 8.76. The molecule has 0 aromatic carbocycles. The minimum atomic E-state index is -1.82. The molecule has 0 saturated carbocycles. The number of allylic oxidation sites excluding steroid dienone is 3. The molecule has 0 fully saturated rings. The maximum Gasteiger partial charge on any atom is 0.203 e. The van der Waals surface area contributed by atoms with Crippen molar-refractivity contribution in [2.24, 2.45) is 0 Å². The molecule has 0 aromatic rings. The molecular weight excluding hydrogens is 216 g/mol. The number of hydrogen-bond donors (Lipinski definition) is 0. The molecule has 0 rings (SSSR count). The Labute approximate surface area is 99.8 Å². The molecule has 0 aliphatic heterocycles. The van der Waals surface area contributed by atoms with Gasteiger partial charge < -0.3 is 9.22 Å². The fraction of sp³-hybridized carbons (Fsp3) is 0.462. The summed E-state index contributed by atoms with van der Waals surface area (Å²) in [6, 6.07) is 2.73. The number of rotatable bonds is 11. The van der Waals surface area contributed by atoms with Crippen molar-refractivity contribution in [1.29, 1.82) is 0 Å². The van der Waals surface area contributed by atoms with E-state index >= 15 is 0 Å². The second-order valence-electron chi connectivity index (χ2n) is 3.82. The Morgan fingerprint density at radius 3 is 1.88 bits per heavy atom. The van der Waals surface area contributed by atoms with Gasteiger partial charge in [0, 0.05) is 13.0 Å². The van der Waals surface area contributed by atoms with Crippen LogP contribution in [0.5, 0.6) is 0 Å². The Balaban J connectivity index is 4.33. The van der Waals surface area contributed by atoms with Crippen LogP contribution in [0.1, 0.15) is 12.8 Å². The van der Waals surface area contributed by atoms with E-state index in [-0.39, 0.29) is 0 Å². The average molecular weight is 238 g/mol. The maximum absolute atomic E-state index is 10.2. The minimum Gasteiger partial charge on any atom is -0.416 e. The van der Waals surface area contributed by atoms with Gasteiger partial charge in [-0.25, -0.2) is 0 Å². The number of hydrogen-bond acceptors (Lipinski definition) is 2. The summed E-state index contributed by atoms with van der Waals surface area (Å²) < 4.78 is 6.02. The first-order chi connectivity index (χ1) is 7.74. The molecular formula is C13H22O2Si. The van der Waals surface area contributed by atoms with Crippen LogP contribution in [0, 0.1) is 0 Å². The SMILES string of the molecule is C=CC[Si](CC=C)(CC=C)OCCCC=O. The first-order valence-corrected chi connectivity index (χ1v) is 8.18. The molecule has 0 spiro atoms. The first kappa shape index (κ1) is 15.1. The molecule has 0 aromatic heterocycles. The van der Waals surface area contributed by atoms with E-state index in [0.29, 0.717) is 13.0 Å². The Morgan fingerprint density at radius 1 is 1.00 bits per heavy atom. The Bertz CT molecular complexity index is 210. The lowest BCUT2D eigenvalue weighted by atomic mass is 10.4. The molecule has 0 bridgehead atoms. The summed E-state index contributed by atoms with van der Waals surface area (Å²) in [6.45, 7) is 12.0. The van der Waals surface area contributed by atoms with Gasteiger partial charge in [0.1, 0.15) is 6.29 Å². The largest absolute Gasteiger partial charge is 0.416 e. The molecule has 2 nitrogen and oxygen atoms in total. The third kappa shape index (κ3) is 5.83. The van der Waals surface area contributed by atoms with Crippen LogP contribution in [0.15, 0.2) is 38.0 Å². The Hall–Kier alpha value is -0.933. The van der Waals surface area contributed by atoms with Gasteiger partial charge in [-0.1, -0.05) is 18.2 Å². The zero-order valence-corrected chi connectivity index (χ0v) is 11.0.